The maximum atomic E-state index is 12.8. The van der Waals surface area contributed by atoms with Crippen molar-refractivity contribution >= 4 is 11.3 Å². The fourth-order valence-electron chi connectivity index (χ4n) is 1.65. The molecule has 2 aromatic rings. The van der Waals surface area contributed by atoms with Gasteiger partial charge in [0.1, 0.15) is 11.7 Å². The first-order valence-corrected chi connectivity index (χ1v) is 6.05. The summed E-state index contributed by atoms with van der Waals surface area (Å²) in [5.74, 6) is -2.77. The fourth-order valence-corrected chi connectivity index (χ4v) is 2.40. The zero-order chi connectivity index (χ0) is 13.8. The molecule has 0 saturated heterocycles. The van der Waals surface area contributed by atoms with E-state index in [1.54, 1.807) is 0 Å². The van der Waals surface area contributed by atoms with Crippen molar-refractivity contribution < 1.29 is 22.0 Å². The molecule has 0 bridgehead atoms. The van der Waals surface area contributed by atoms with E-state index in [1.807, 2.05) is 0 Å². The van der Waals surface area contributed by atoms with Gasteiger partial charge in [-0.05, 0) is 6.07 Å². The van der Waals surface area contributed by atoms with Gasteiger partial charge in [-0.25, -0.2) is 13.8 Å². The van der Waals surface area contributed by atoms with Crippen LogP contribution in [0.15, 0.2) is 18.5 Å². The Labute approximate surface area is 107 Å². The minimum absolute atomic E-state index is 0.204. The summed E-state index contributed by atoms with van der Waals surface area (Å²) in [4.78, 5) is 3.46. The first kappa shape index (κ1) is 12.5. The molecule has 9 heteroatoms. The van der Waals surface area contributed by atoms with Crippen LogP contribution in [0.25, 0.3) is 10.6 Å². The summed E-state index contributed by atoms with van der Waals surface area (Å²) in [6.07, 6.45) is -2.40. The van der Waals surface area contributed by atoms with Gasteiger partial charge in [-0.1, -0.05) is 0 Å². The van der Waals surface area contributed by atoms with Crippen LogP contribution in [0, 0.1) is 0 Å². The van der Waals surface area contributed by atoms with Crippen LogP contribution in [-0.4, -0.2) is 20.7 Å². The highest BCUT2D eigenvalue weighted by molar-refractivity contribution is 7.15. The number of alkyl halides is 5. The molecular formula is C10H6F5N3S. The molecule has 2 aromatic heterocycles. The molecule has 0 radical (unpaired) electrons. The van der Waals surface area contributed by atoms with E-state index in [0.29, 0.717) is 11.3 Å². The van der Waals surface area contributed by atoms with Crippen molar-refractivity contribution in [2.45, 2.75) is 24.6 Å². The number of thiazole rings is 1. The summed E-state index contributed by atoms with van der Waals surface area (Å²) in [5, 5.41) is 2.90. The monoisotopic (exact) mass is 295 g/mol. The van der Waals surface area contributed by atoms with E-state index in [9.17, 15) is 22.0 Å². The van der Waals surface area contributed by atoms with Crippen LogP contribution >= 0.6 is 11.3 Å². The van der Waals surface area contributed by atoms with Crippen molar-refractivity contribution in [1.29, 1.82) is 0 Å². The topological polar surface area (TPSA) is 30.7 Å². The predicted octanol–water partition coefficient (Wildman–Crippen LogP) is 3.61. The van der Waals surface area contributed by atoms with Crippen molar-refractivity contribution in [2.75, 3.05) is 0 Å². The SMILES string of the molecule is FC(F)(F)c1ncc(-c2ccn(C3CC3(F)F)n2)s1. The van der Waals surface area contributed by atoms with E-state index < -0.39 is 23.1 Å². The van der Waals surface area contributed by atoms with Gasteiger partial charge in [0.2, 0.25) is 0 Å². The summed E-state index contributed by atoms with van der Waals surface area (Å²) in [5.41, 5.74) is 0.218. The molecule has 1 aliphatic carbocycles. The van der Waals surface area contributed by atoms with E-state index in [0.717, 1.165) is 10.9 Å². The average molecular weight is 295 g/mol. The molecular weight excluding hydrogens is 289 g/mol. The van der Waals surface area contributed by atoms with Gasteiger partial charge in [0, 0.05) is 18.8 Å². The summed E-state index contributed by atoms with van der Waals surface area (Å²) in [7, 11) is 0. The first-order chi connectivity index (χ1) is 8.77. The van der Waals surface area contributed by atoms with Gasteiger partial charge in [0.25, 0.3) is 5.92 Å². The molecule has 1 saturated carbocycles. The molecule has 1 fully saturated rings. The lowest BCUT2D eigenvalue weighted by molar-refractivity contribution is -0.137. The molecule has 2 heterocycles. The zero-order valence-electron chi connectivity index (χ0n) is 9.16. The minimum atomic E-state index is -4.50. The summed E-state index contributed by atoms with van der Waals surface area (Å²) in [6.45, 7) is 0. The van der Waals surface area contributed by atoms with Crippen LogP contribution in [-0.2, 0) is 6.18 Å². The summed E-state index contributed by atoms with van der Waals surface area (Å²) in [6, 6.07) is 0.415. The number of rotatable bonds is 2. The smallest absolute Gasteiger partial charge is 0.263 e. The Morgan fingerprint density at radius 2 is 2.05 bits per heavy atom. The lowest BCUT2D eigenvalue weighted by Gasteiger charge is -1.99. The van der Waals surface area contributed by atoms with Crippen molar-refractivity contribution in [2.24, 2.45) is 0 Å². The van der Waals surface area contributed by atoms with E-state index in [2.05, 4.69) is 10.1 Å². The third-order valence-corrected chi connectivity index (χ3v) is 3.79. The molecule has 102 valence electrons. The van der Waals surface area contributed by atoms with Crippen LogP contribution in [0.3, 0.4) is 0 Å². The highest BCUT2D eigenvalue weighted by atomic mass is 32.1. The molecule has 0 aliphatic heterocycles. The molecule has 1 atom stereocenters. The average Bonchev–Trinajstić information content (AvgIpc) is 2.81. The molecule has 0 N–H and O–H groups in total. The normalized spacial score (nSPS) is 21.6. The zero-order valence-corrected chi connectivity index (χ0v) is 9.97. The highest BCUT2D eigenvalue weighted by Gasteiger charge is 2.59. The molecule has 0 amide bonds. The second-order valence-electron chi connectivity index (χ2n) is 4.19. The Morgan fingerprint density at radius 3 is 2.58 bits per heavy atom. The van der Waals surface area contributed by atoms with E-state index in [4.69, 9.17) is 0 Å². The Kier molecular flexibility index (Phi) is 2.47. The molecule has 1 aliphatic rings. The standard InChI is InChI=1S/C10H6F5N3S/c11-9(12)3-7(9)18-2-1-5(17-18)6-4-16-8(19-6)10(13,14)15/h1-2,4,7H,3H2. The Balaban J connectivity index is 1.85. The lowest BCUT2D eigenvalue weighted by atomic mass is 10.4. The van der Waals surface area contributed by atoms with Crippen molar-refractivity contribution in [3.8, 4) is 10.6 Å². The third-order valence-electron chi connectivity index (χ3n) is 2.72. The summed E-state index contributed by atoms with van der Waals surface area (Å²) >= 11 is 0.439. The van der Waals surface area contributed by atoms with E-state index in [-0.39, 0.29) is 17.0 Å². The van der Waals surface area contributed by atoms with E-state index >= 15 is 0 Å². The number of hydrogen-bond donors (Lipinski definition) is 0. The molecule has 0 aromatic carbocycles. The van der Waals surface area contributed by atoms with Crippen LogP contribution in [0.2, 0.25) is 0 Å². The van der Waals surface area contributed by atoms with Gasteiger partial charge < -0.3 is 0 Å². The molecule has 1 unspecified atom stereocenters. The van der Waals surface area contributed by atoms with Gasteiger partial charge in [-0.2, -0.15) is 18.3 Å². The molecule has 3 nitrogen and oxygen atoms in total. The largest absolute Gasteiger partial charge is 0.443 e. The van der Waals surface area contributed by atoms with E-state index in [1.165, 1.54) is 12.3 Å². The second kappa shape index (κ2) is 3.75. The van der Waals surface area contributed by atoms with Crippen molar-refractivity contribution in [1.82, 2.24) is 14.8 Å². The molecule has 19 heavy (non-hydrogen) atoms. The van der Waals surface area contributed by atoms with Crippen LogP contribution < -0.4 is 0 Å². The van der Waals surface area contributed by atoms with Crippen LogP contribution in [0.4, 0.5) is 22.0 Å². The lowest BCUT2D eigenvalue weighted by Crippen LogP contribution is -2.03. The summed E-state index contributed by atoms with van der Waals surface area (Å²) < 4.78 is 63.9. The van der Waals surface area contributed by atoms with Gasteiger partial charge in [-0.15, -0.1) is 11.3 Å². The number of nitrogens with zero attached hydrogens (tertiary/aromatic N) is 3. The Morgan fingerprint density at radius 1 is 1.37 bits per heavy atom. The Bertz CT molecular complexity index is 615. The fraction of sp³-hybridized carbons (Fsp3) is 0.400. The predicted molar refractivity (Wildman–Crippen MR) is 56.9 cm³/mol. The molecule has 0 spiro atoms. The van der Waals surface area contributed by atoms with Gasteiger partial charge in [-0.3, -0.25) is 4.68 Å². The quantitative estimate of drug-likeness (QED) is 0.792. The van der Waals surface area contributed by atoms with Crippen molar-refractivity contribution in [3.05, 3.63) is 23.5 Å². The van der Waals surface area contributed by atoms with Gasteiger partial charge >= 0.3 is 6.18 Å². The van der Waals surface area contributed by atoms with Crippen molar-refractivity contribution in [3.63, 3.8) is 0 Å². The number of hydrogen-bond acceptors (Lipinski definition) is 3. The first-order valence-electron chi connectivity index (χ1n) is 5.24. The number of aromatic nitrogens is 3. The van der Waals surface area contributed by atoms with Gasteiger partial charge in [0.05, 0.1) is 4.88 Å². The van der Waals surface area contributed by atoms with Crippen LogP contribution in [0.5, 0.6) is 0 Å². The minimum Gasteiger partial charge on any atom is -0.263 e. The third kappa shape index (κ3) is 2.22. The maximum Gasteiger partial charge on any atom is 0.443 e. The van der Waals surface area contributed by atoms with Gasteiger partial charge in [0.15, 0.2) is 5.01 Å². The van der Waals surface area contributed by atoms with Crippen LogP contribution in [0.1, 0.15) is 17.5 Å². The Hall–Kier alpha value is -1.51. The molecule has 3 rings (SSSR count). The number of halogens is 5. The second-order valence-corrected chi connectivity index (χ2v) is 5.22. The highest BCUT2D eigenvalue weighted by Crippen LogP contribution is 2.52. The maximum absolute atomic E-state index is 12.8.